The minimum Gasteiger partial charge on any atom is -0.494 e. The Labute approximate surface area is 113 Å². The summed E-state index contributed by atoms with van der Waals surface area (Å²) in [7, 11) is 0. The van der Waals surface area contributed by atoms with Crippen molar-refractivity contribution in [2.24, 2.45) is 0 Å². The number of aliphatic hydroxyl groups excluding tert-OH is 1. The van der Waals surface area contributed by atoms with E-state index in [1.165, 1.54) is 0 Å². The smallest absolute Gasteiger partial charge is 0.119 e. The predicted molar refractivity (Wildman–Crippen MR) is 74.4 cm³/mol. The van der Waals surface area contributed by atoms with E-state index >= 15 is 0 Å². The molecule has 0 saturated heterocycles. The highest BCUT2D eigenvalue weighted by Gasteiger charge is 2.16. The summed E-state index contributed by atoms with van der Waals surface area (Å²) in [4.78, 5) is 0. The molecule has 1 aromatic heterocycles. The van der Waals surface area contributed by atoms with Gasteiger partial charge in [-0.05, 0) is 30.2 Å². The van der Waals surface area contributed by atoms with Gasteiger partial charge in [-0.25, -0.2) is 0 Å². The maximum absolute atomic E-state index is 10.4. The van der Waals surface area contributed by atoms with Crippen molar-refractivity contribution >= 4 is 0 Å². The van der Waals surface area contributed by atoms with Crippen molar-refractivity contribution in [3.8, 4) is 5.75 Å². The SMILES string of the molecule is CCCOc1ccc(C(O)c2ccoc2CC)cc1. The second-order valence-corrected chi connectivity index (χ2v) is 4.47. The zero-order valence-electron chi connectivity index (χ0n) is 11.4. The van der Waals surface area contributed by atoms with Crippen LogP contribution in [0.2, 0.25) is 0 Å². The molecule has 0 fully saturated rings. The van der Waals surface area contributed by atoms with Crippen molar-refractivity contribution in [2.75, 3.05) is 6.61 Å². The number of hydrogen-bond acceptors (Lipinski definition) is 3. The van der Waals surface area contributed by atoms with E-state index in [-0.39, 0.29) is 0 Å². The minimum absolute atomic E-state index is 0.645. The van der Waals surface area contributed by atoms with Gasteiger partial charge in [0, 0.05) is 12.0 Å². The van der Waals surface area contributed by atoms with E-state index in [1.54, 1.807) is 6.26 Å². The molecule has 3 heteroatoms. The fourth-order valence-electron chi connectivity index (χ4n) is 2.03. The van der Waals surface area contributed by atoms with Gasteiger partial charge in [-0.15, -0.1) is 0 Å². The molecule has 1 atom stereocenters. The van der Waals surface area contributed by atoms with Gasteiger partial charge in [0.2, 0.25) is 0 Å². The van der Waals surface area contributed by atoms with Crippen molar-refractivity contribution in [2.45, 2.75) is 32.8 Å². The Hall–Kier alpha value is -1.74. The third-order valence-corrected chi connectivity index (χ3v) is 3.06. The molecular weight excluding hydrogens is 240 g/mol. The molecule has 1 unspecified atom stereocenters. The summed E-state index contributed by atoms with van der Waals surface area (Å²) in [6, 6.07) is 9.38. The van der Waals surface area contributed by atoms with Crippen LogP contribution in [0.1, 0.15) is 43.3 Å². The Kier molecular flexibility index (Phi) is 4.63. The molecule has 0 amide bonds. The molecular formula is C16H20O3. The molecule has 102 valence electrons. The van der Waals surface area contributed by atoms with E-state index < -0.39 is 6.10 Å². The largest absolute Gasteiger partial charge is 0.494 e. The number of ether oxygens (including phenoxy) is 1. The average molecular weight is 260 g/mol. The third-order valence-electron chi connectivity index (χ3n) is 3.06. The quantitative estimate of drug-likeness (QED) is 0.861. The lowest BCUT2D eigenvalue weighted by molar-refractivity contribution is 0.217. The Morgan fingerprint density at radius 1 is 1.16 bits per heavy atom. The molecule has 0 aliphatic heterocycles. The third kappa shape index (κ3) is 3.18. The summed E-state index contributed by atoms with van der Waals surface area (Å²) in [6.07, 6.45) is 2.74. The van der Waals surface area contributed by atoms with Gasteiger partial charge in [0.15, 0.2) is 0 Å². The molecule has 3 nitrogen and oxygen atoms in total. The van der Waals surface area contributed by atoms with Crippen molar-refractivity contribution in [3.63, 3.8) is 0 Å². The van der Waals surface area contributed by atoms with E-state index in [2.05, 4.69) is 6.92 Å². The van der Waals surface area contributed by atoms with Gasteiger partial charge < -0.3 is 14.3 Å². The molecule has 1 N–H and O–H groups in total. The van der Waals surface area contributed by atoms with Crippen LogP contribution in [0, 0.1) is 0 Å². The van der Waals surface area contributed by atoms with Gasteiger partial charge in [-0.1, -0.05) is 26.0 Å². The topological polar surface area (TPSA) is 42.6 Å². The number of rotatable bonds is 6. The number of aliphatic hydroxyl groups is 1. The lowest BCUT2D eigenvalue weighted by Crippen LogP contribution is -2.01. The second-order valence-electron chi connectivity index (χ2n) is 4.47. The van der Waals surface area contributed by atoms with Gasteiger partial charge in [0.25, 0.3) is 0 Å². The summed E-state index contributed by atoms with van der Waals surface area (Å²) in [5.41, 5.74) is 1.68. The van der Waals surface area contributed by atoms with Crippen LogP contribution in [0.4, 0.5) is 0 Å². The summed E-state index contributed by atoms with van der Waals surface area (Å²) in [5, 5.41) is 10.4. The molecule has 2 rings (SSSR count). The zero-order valence-corrected chi connectivity index (χ0v) is 11.4. The molecule has 0 bridgehead atoms. The first-order valence-electron chi connectivity index (χ1n) is 6.73. The number of hydrogen-bond donors (Lipinski definition) is 1. The molecule has 19 heavy (non-hydrogen) atoms. The minimum atomic E-state index is -0.645. The summed E-state index contributed by atoms with van der Waals surface area (Å²) in [5.74, 6) is 1.67. The van der Waals surface area contributed by atoms with Crippen molar-refractivity contribution in [1.82, 2.24) is 0 Å². The molecule has 1 aromatic carbocycles. The maximum atomic E-state index is 10.4. The van der Waals surface area contributed by atoms with E-state index in [9.17, 15) is 5.11 Å². The highest BCUT2D eigenvalue weighted by molar-refractivity contribution is 5.35. The maximum Gasteiger partial charge on any atom is 0.119 e. The predicted octanol–water partition coefficient (Wildman–Crippen LogP) is 3.71. The van der Waals surface area contributed by atoms with E-state index in [1.807, 2.05) is 37.3 Å². The van der Waals surface area contributed by atoms with Crippen LogP contribution < -0.4 is 4.74 Å². The Morgan fingerprint density at radius 3 is 2.53 bits per heavy atom. The Bertz CT molecular complexity index is 499. The van der Waals surface area contributed by atoms with Gasteiger partial charge in [-0.2, -0.15) is 0 Å². The van der Waals surface area contributed by atoms with Crippen LogP contribution in [0.15, 0.2) is 41.0 Å². The average Bonchev–Trinajstić information content (AvgIpc) is 2.93. The number of furan rings is 1. The summed E-state index contributed by atoms with van der Waals surface area (Å²) < 4.78 is 10.9. The summed E-state index contributed by atoms with van der Waals surface area (Å²) >= 11 is 0. The fraction of sp³-hybridized carbons (Fsp3) is 0.375. The Morgan fingerprint density at radius 2 is 1.89 bits per heavy atom. The monoisotopic (exact) mass is 260 g/mol. The van der Waals surface area contributed by atoms with Crippen LogP contribution in [0.3, 0.4) is 0 Å². The van der Waals surface area contributed by atoms with E-state index in [0.29, 0.717) is 6.61 Å². The van der Waals surface area contributed by atoms with Crippen molar-refractivity contribution in [3.05, 3.63) is 53.5 Å². The van der Waals surface area contributed by atoms with Crippen LogP contribution in [0.25, 0.3) is 0 Å². The highest BCUT2D eigenvalue weighted by Crippen LogP contribution is 2.27. The van der Waals surface area contributed by atoms with Gasteiger partial charge in [0.1, 0.15) is 17.6 Å². The number of benzene rings is 1. The van der Waals surface area contributed by atoms with Crippen LogP contribution in [-0.2, 0) is 6.42 Å². The van der Waals surface area contributed by atoms with Crippen LogP contribution in [-0.4, -0.2) is 11.7 Å². The van der Waals surface area contributed by atoms with Gasteiger partial charge in [0.05, 0.1) is 12.9 Å². The standard InChI is InChI=1S/C16H20O3/c1-3-10-18-13-7-5-12(6-8-13)16(17)14-9-11-19-15(14)4-2/h5-9,11,16-17H,3-4,10H2,1-2H3. The molecule has 1 heterocycles. The normalized spacial score (nSPS) is 12.4. The second kappa shape index (κ2) is 6.43. The summed E-state index contributed by atoms with van der Waals surface area (Å²) in [6.45, 7) is 4.80. The zero-order chi connectivity index (χ0) is 13.7. The molecule has 0 aliphatic carbocycles. The van der Waals surface area contributed by atoms with Crippen LogP contribution in [0.5, 0.6) is 5.75 Å². The number of aryl methyl sites for hydroxylation is 1. The van der Waals surface area contributed by atoms with Gasteiger partial charge >= 0.3 is 0 Å². The lowest BCUT2D eigenvalue weighted by Gasteiger charge is -2.12. The highest BCUT2D eigenvalue weighted by atomic mass is 16.5. The molecule has 0 radical (unpaired) electrons. The first-order chi connectivity index (χ1) is 9.26. The molecule has 2 aromatic rings. The lowest BCUT2D eigenvalue weighted by atomic mass is 10.0. The first kappa shape index (κ1) is 13.7. The fourth-order valence-corrected chi connectivity index (χ4v) is 2.03. The van der Waals surface area contributed by atoms with E-state index in [0.717, 1.165) is 35.5 Å². The Balaban J connectivity index is 2.13. The molecule has 0 spiro atoms. The van der Waals surface area contributed by atoms with Crippen molar-refractivity contribution < 1.29 is 14.3 Å². The molecule has 0 aliphatic rings. The van der Waals surface area contributed by atoms with Gasteiger partial charge in [-0.3, -0.25) is 0 Å². The van der Waals surface area contributed by atoms with Crippen LogP contribution >= 0.6 is 0 Å². The molecule has 0 saturated carbocycles. The first-order valence-corrected chi connectivity index (χ1v) is 6.73. The van der Waals surface area contributed by atoms with E-state index in [4.69, 9.17) is 9.15 Å². The van der Waals surface area contributed by atoms with Crippen molar-refractivity contribution in [1.29, 1.82) is 0 Å².